The molecule has 0 aromatic carbocycles. The van der Waals surface area contributed by atoms with Crippen LogP contribution in [0.2, 0.25) is 0 Å². The van der Waals surface area contributed by atoms with Crippen molar-refractivity contribution in [1.29, 1.82) is 0 Å². The molecule has 0 aliphatic heterocycles. The molecule has 0 saturated carbocycles. The zero-order valence-electron chi connectivity index (χ0n) is 9.39. The number of H-pyrrole nitrogens is 1. The van der Waals surface area contributed by atoms with Crippen LogP contribution in [-0.2, 0) is 6.42 Å². The summed E-state index contributed by atoms with van der Waals surface area (Å²) in [5, 5.41) is 0. The number of aromatic amines is 1. The molecule has 1 unspecified atom stereocenters. The van der Waals surface area contributed by atoms with E-state index in [2.05, 4.69) is 43.7 Å². The molecule has 1 aromatic heterocycles. The quantitative estimate of drug-likeness (QED) is 0.669. The summed E-state index contributed by atoms with van der Waals surface area (Å²) in [4.78, 5) is 7.52. The van der Waals surface area contributed by atoms with Gasteiger partial charge in [-0.3, -0.25) is 0 Å². The Balaban J connectivity index is 2.44. The average molecular weight is 190 g/mol. The molecule has 1 aliphatic carbocycles. The Morgan fingerprint density at radius 2 is 2.14 bits per heavy atom. The smallest absolute Gasteiger partial charge is 0.0927 e. The zero-order valence-corrected chi connectivity index (χ0v) is 9.39. The van der Waals surface area contributed by atoms with Gasteiger partial charge >= 0.3 is 0 Å². The second-order valence-corrected chi connectivity index (χ2v) is 5.22. The molecular formula is C12H18N2. The van der Waals surface area contributed by atoms with Crippen molar-refractivity contribution in [2.75, 3.05) is 0 Å². The van der Waals surface area contributed by atoms with Gasteiger partial charge in [0.1, 0.15) is 0 Å². The van der Waals surface area contributed by atoms with Crippen LogP contribution in [0.4, 0.5) is 0 Å². The molecule has 14 heavy (non-hydrogen) atoms. The lowest BCUT2D eigenvalue weighted by Gasteiger charge is -2.30. The Labute approximate surface area is 85.4 Å². The molecule has 1 atom stereocenters. The summed E-state index contributed by atoms with van der Waals surface area (Å²) >= 11 is 0. The standard InChI is InChI=1S/C12H18N2/c1-8-5-10-11(14-7-13-10)6-9(8)12(2,3)4/h6-8H,5H2,1-4H3,(H,13,14). The highest BCUT2D eigenvalue weighted by atomic mass is 14.9. The van der Waals surface area contributed by atoms with E-state index >= 15 is 0 Å². The first kappa shape index (κ1) is 9.50. The molecule has 1 heterocycles. The number of hydrogen-bond donors (Lipinski definition) is 1. The number of hydrogen-bond acceptors (Lipinski definition) is 1. The first-order valence-corrected chi connectivity index (χ1v) is 5.23. The fraction of sp³-hybridized carbons (Fsp3) is 0.583. The molecule has 0 amide bonds. The maximum Gasteiger partial charge on any atom is 0.0927 e. The normalized spacial score (nSPS) is 21.7. The summed E-state index contributed by atoms with van der Waals surface area (Å²) in [5.41, 5.74) is 4.20. The van der Waals surface area contributed by atoms with Crippen molar-refractivity contribution >= 4 is 6.08 Å². The molecule has 0 spiro atoms. The molecule has 1 N–H and O–H groups in total. The lowest BCUT2D eigenvalue weighted by Crippen LogP contribution is -2.20. The summed E-state index contributed by atoms with van der Waals surface area (Å²) in [7, 11) is 0. The summed E-state index contributed by atoms with van der Waals surface area (Å²) in [6, 6.07) is 0. The molecule has 76 valence electrons. The minimum atomic E-state index is 0.266. The average Bonchev–Trinajstić information content (AvgIpc) is 2.47. The fourth-order valence-electron chi connectivity index (χ4n) is 2.27. The number of imidazole rings is 1. The highest BCUT2D eigenvalue weighted by molar-refractivity contribution is 5.56. The number of aromatic nitrogens is 2. The van der Waals surface area contributed by atoms with E-state index in [4.69, 9.17) is 0 Å². The highest BCUT2D eigenvalue weighted by Gasteiger charge is 2.27. The van der Waals surface area contributed by atoms with Gasteiger partial charge in [0.2, 0.25) is 0 Å². The molecule has 2 rings (SSSR count). The van der Waals surface area contributed by atoms with Crippen LogP contribution in [0.5, 0.6) is 0 Å². The third kappa shape index (κ3) is 1.49. The third-order valence-corrected chi connectivity index (χ3v) is 2.95. The van der Waals surface area contributed by atoms with E-state index in [1.165, 1.54) is 17.0 Å². The molecule has 0 radical (unpaired) electrons. The molecule has 2 nitrogen and oxygen atoms in total. The zero-order chi connectivity index (χ0) is 10.3. The van der Waals surface area contributed by atoms with Crippen LogP contribution in [0.1, 0.15) is 39.1 Å². The minimum Gasteiger partial charge on any atom is -0.345 e. The van der Waals surface area contributed by atoms with Crippen LogP contribution in [0, 0.1) is 11.3 Å². The van der Waals surface area contributed by atoms with Crippen molar-refractivity contribution in [2.45, 2.75) is 34.1 Å². The van der Waals surface area contributed by atoms with Gasteiger partial charge in [-0.25, -0.2) is 4.98 Å². The second-order valence-electron chi connectivity index (χ2n) is 5.22. The van der Waals surface area contributed by atoms with Gasteiger partial charge in [0.25, 0.3) is 0 Å². The summed E-state index contributed by atoms with van der Waals surface area (Å²) in [6.45, 7) is 9.11. The van der Waals surface area contributed by atoms with Gasteiger partial charge in [0.05, 0.1) is 17.7 Å². The van der Waals surface area contributed by atoms with E-state index in [0.717, 1.165) is 6.42 Å². The van der Waals surface area contributed by atoms with Crippen molar-refractivity contribution in [2.24, 2.45) is 11.3 Å². The van der Waals surface area contributed by atoms with Crippen molar-refractivity contribution in [3.63, 3.8) is 0 Å². The second kappa shape index (κ2) is 2.97. The molecular weight excluding hydrogens is 172 g/mol. The van der Waals surface area contributed by atoms with Crippen LogP contribution in [-0.4, -0.2) is 9.97 Å². The van der Waals surface area contributed by atoms with Crippen molar-refractivity contribution in [3.8, 4) is 0 Å². The van der Waals surface area contributed by atoms with Crippen LogP contribution in [0.25, 0.3) is 6.08 Å². The minimum absolute atomic E-state index is 0.266. The van der Waals surface area contributed by atoms with E-state index in [1.54, 1.807) is 6.33 Å². The Hall–Kier alpha value is -1.05. The van der Waals surface area contributed by atoms with Gasteiger partial charge in [-0.2, -0.15) is 0 Å². The molecule has 0 fully saturated rings. The highest BCUT2D eigenvalue weighted by Crippen LogP contribution is 2.37. The van der Waals surface area contributed by atoms with E-state index in [9.17, 15) is 0 Å². The first-order valence-electron chi connectivity index (χ1n) is 5.23. The predicted octanol–water partition coefficient (Wildman–Crippen LogP) is 3.03. The summed E-state index contributed by atoms with van der Waals surface area (Å²) in [6.07, 6.45) is 5.14. The Kier molecular flexibility index (Phi) is 2.02. The molecule has 1 aliphatic rings. The van der Waals surface area contributed by atoms with Crippen LogP contribution in [0.3, 0.4) is 0 Å². The van der Waals surface area contributed by atoms with Crippen LogP contribution < -0.4 is 0 Å². The molecule has 0 saturated heterocycles. The summed E-state index contributed by atoms with van der Waals surface area (Å²) in [5.74, 6) is 0.616. The summed E-state index contributed by atoms with van der Waals surface area (Å²) < 4.78 is 0. The van der Waals surface area contributed by atoms with Crippen molar-refractivity contribution in [3.05, 3.63) is 23.3 Å². The van der Waals surface area contributed by atoms with Gasteiger partial charge in [-0.05, 0) is 23.8 Å². The van der Waals surface area contributed by atoms with Gasteiger partial charge < -0.3 is 4.98 Å². The van der Waals surface area contributed by atoms with E-state index in [1.807, 2.05) is 0 Å². The van der Waals surface area contributed by atoms with Gasteiger partial charge in [0, 0.05) is 0 Å². The predicted molar refractivity (Wildman–Crippen MR) is 58.9 cm³/mol. The lowest BCUT2D eigenvalue weighted by molar-refractivity contribution is 0.433. The molecule has 1 aromatic rings. The van der Waals surface area contributed by atoms with Gasteiger partial charge in [-0.1, -0.05) is 33.3 Å². The van der Waals surface area contributed by atoms with Crippen molar-refractivity contribution in [1.82, 2.24) is 9.97 Å². The van der Waals surface area contributed by atoms with Crippen LogP contribution >= 0.6 is 0 Å². The van der Waals surface area contributed by atoms with E-state index in [-0.39, 0.29) is 5.41 Å². The van der Waals surface area contributed by atoms with E-state index in [0.29, 0.717) is 5.92 Å². The molecule has 0 bridgehead atoms. The van der Waals surface area contributed by atoms with E-state index < -0.39 is 0 Å². The fourth-order valence-corrected chi connectivity index (χ4v) is 2.27. The Bertz CT molecular complexity index is 366. The monoisotopic (exact) mass is 190 g/mol. The number of nitrogens with one attached hydrogen (secondary N) is 1. The lowest BCUT2D eigenvalue weighted by atomic mass is 9.75. The third-order valence-electron chi connectivity index (χ3n) is 2.95. The largest absolute Gasteiger partial charge is 0.345 e. The van der Waals surface area contributed by atoms with Crippen molar-refractivity contribution < 1.29 is 0 Å². The number of nitrogens with zero attached hydrogens (tertiary/aromatic N) is 1. The number of fused-ring (bicyclic) bond motifs is 1. The Morgan fingerprint density at radius 3 is 2.79 bits per heavy atom. The van der Waals surface area contributed by atoms with Gasteiger partial charge in [0.15, 0.2) is 0 Å². The number of allylic oxidation sites excluding steroid dienone is 1. The number of rotatable bonds is 0. The molecule has 2 heteroatoms. The maximum atomic E-state index is 4.32. The maximum absolute atomic E-state index is 4.32. The SMILES string of the molecule is CC1Cc2nc[nH]c2C=C1C(C)(C)C. The van der Waals surface area contributed by atoms with Crippen LogP contribution in [0.15, 0.2) is 11.9 Å². The first-order chi connectivity index (χ1) is 6.48. The Morgan fingerprint density at radius 1 is 1.43 bits per heavy atom. The topological polar surface area (TPSA) is 28.7 Å². The van der Waals surface area contributed by atoms with Gasteiger partial charge in [-0.15, -0.1) is 0 Å².